The second-order valence-corrected chi connectivity index (χ2v) is 18.2. The Labute approximate surface area is 334 Å². The fraction of sp³-hybridized carbons (Fsp3) is 0.659. The van der Waals surface area contributed by atoms with Gasteiger partial charge in [-0.2, -0.15) is 5.06 Å². The summed E-state index contributed by atoms with van der Waals surface area (Å²) in [6, 6.07) is 10.0. The number of nitrogens with zero attached hydrogens (tertiary/aromatic N) is 2. The molecule has 0 unspecified atom stereocenters. The predicted octanol–water partition coefficient (Wildman–Crippen LogP) is 5.32. The number of ether oxygens (including phenoxy) is 1. The molecule has 12 nitrogen and oxygen atoms in total. The minimum atomic E-state index is -0.927. The molecule has 12 heteroatoms. The minimum absolute atomic E-state index is 0.0141. The van der Waals surface area contributed by atoms with E-state index >= 15 is 0 Å². The second kappa shape index (κ2) is 17.9. The van der Waals surface area contributed by atoms with Gasteiger partial charge in [-0.1, -0.05) is 66.7 Å². The molecule has 0 radical (unpaired) electrons. The van der Waals surface area contributed by atoms with E-state index < -0.39 is 24.2 Å². The van der Waals surface area contributed by atoms with Crippen LogP contribution in [0, 0.1) is 40.9 Å². The van der Waals surface area contributed by atoms with Gasteiger partial charge in [0, 0.05) is 52.8 Å². The fourth-order valence-corrected chi connectivity index (χ4v) is 9.56. The molecule has 56 heavy (non-hydrogen) atoms. The average Bonchev–Trinajstić information content (AvgIpc) is 3.50. The Morgan fingerprint density at radius 1 is 1.07 bits per heavy atom. The van der Waals surface area contributed by atoms with Crippen LogP contribution in [0.3, 0.4) is 0 Å². The molecule has 3 saturated carbocycles. The van der Waals surface area contributed by atoms with E-state index in [2.05, 4.69) is 55.5 Å². The summed E-state index contributed by atoms with van der Waals surface area (Å²) >= 11 is 0. The molecule has 1 heterocycles. The summed E-state index contributed by atoms with van der Waals surface area (Å²) in [4.78, 5) is 49.4. The Balaban J connectivity index is 1.48. The SMILES string of the molecule is COc1c(CN2O[C@@H](CO)[C@@H]([C@H](C)O)[C@H]2C(=O)N[C@H]2C[C@H]3C[C@@H]([C@@H]2C)C3(C)C)cccc1-c1cc(NC(=O)C(C)C)cc(C(=O)N[C@@H](CC(C)C)CN(C)C)c1. The number of hydrogen-bond acceptors (Lipinski definition) is 9. The van der Waals surface area contributed by atoms with E-state index in [0.29, 0.717) is 63.9 Å². The van der Waals surface area contributed by atoms with Crippen LogP contribution in [0.2, 0.25) is 0 Å². The van der Waals surface area contributed by atoms with Gasteiger partial charge in [0.1, 0.15) is 17.9 Å². The van der Waals surface area contributed by atoms with Gasteiger partial charge in [0.15, 0.2) is 0 Å². The first-order valence-electron chi connectivity index (χ1n) is 20.5. The lowest BCUT2D eigenvalue weighted by atomic mass is 9.45. The molecule has 0 spiro atoms. The summed E-state index contributed by atoms with van der Waals surface area (Å²) in [7, 11) is 5.53. The van der Waals surface area contributed by atoms with Crippen LogP contribution in [0.5, 0.6) is 5.75 Å². The highest BCUT2D eigenvalue weighted by Gasteiger charge is 2.57. The van der Waals surface area contributed by atoms with Crippen molar-refractivity contribution in [1.82, 2.24) is 20.6 Å². The number of fused-ring (bicyclic) bond motifs is 2. The fourth-order valence-electron chi connectivity index (χ4n) is 9.56. The number of aliphatic hydroxyl groups is 2. The molecule has 5 N–H and O–H groups in total. The van der Waals surface area contributed by atoms with E-state index in [1.54, 1.807) is 31.2 Å². The Bertz CT molecular complexity index is 1700. The largest absolute Gasteiger partial charge is 0.496 e. The number of hydrogen-bond donors (Lipinski definition) is 5. The van der Waals surface area contributed by atoms with Crippen molar-refractivity contribution >= 4 is 23.4 Å². The van der Waals surface area contributed by atoms with Crippen molar-refractivity contribution in [3.8, 4) is 16.9 Å². The number of para-hydroxylation sites is 1. The smallest absolute Gasteiger partial charge is 0.251 e. The minimum Gasteiger partial charge on any atom is -0.496 e. The van der Waals surface area contributed by atoms with Gasteiger partial charge in [0.2, 0.25) is 11.8 Å². The highest BCUT2D eigenvalue weighted by Crippen LogP contribution is 2.61. The molecule has 4 aliphatic rings. The van der Waals surface area contributed by atoms with Crippen LogP contribution in [-0.4, -0.2) is 103 Å². The molecular formula is C44H67N5O7. The number of likely N-dealkylation sites (N-methyl/N-ethyl adjacent to an activating group) is 1. The molecule has 6 rings (SSSR count). The van der Waals surface area contributed by atoms with Gasteiger partial charge in [0.05, 0.1) is 26.4 Å². The molecule has 2 bridgehead atoms. The number of amides is 3. The third-order valence-electron chi connectivity index (χ3n) is 12.7. The van der Waals surface area contributed by atoms with Gasteiger partial charge in [-0.15, -0.1) is 0 Å². The number of carbonyl (C=O) groups excluding carboxylic acids is 3. The van der Waals surface area contributed by atoms with Crippen molar-refractivity contribution in [1.29, 1.82) is 0 Å². The van der Waals surface area contributed by atoms with Crippen LogP contribution in [0.25, 0.3) is 11.1 Å². The first kappa shape index (κ1) is 43.6. The van der Waals surface area contributed by atoms with Crippen LogP contribution in [0.1, 0.15) is 90.6 Å². The normalized spacial score (nSPS) is 26.8. The van der Waals surface area contributed by atoms with Gasteiger partial charge >= 0.3 is 0 Å². The maximum Gasteiger partial charge on any atom is 0.251 e. The highest BCUT2D eigenvalue weighted by atomic mass is 16.7. The number of rotatable bonds is 16. The summed E-state index contributed by atoms with van der Waals surface area (Å²) < 4.78 is 6.07. The number of benzene rings is 2. The topological polar surface area (TPSA) is 153 Å². The summed E-state index contributed by atoms with van der Waals surface area (Å²) in [5, 5.41) is 32.5. The third kappa shape index (κ3) is 9.42. The quantitative estimate of drug-likeness (QED) is 0.153. The number of hydroxylamine groups is 2. The number of aliphatic hydroxyl groups excluding tert-OH is 2. The molecule has 3 aliphatic carbocycles. The Hall–Kier alpha value is -3.55. The average molecular weight is 778 g/mol. The standard InChI is InChI=1S/C44H67N5O7/c1-24(2)15-33(22-48(9)10)46-42(53)30-16-29(17-32(18-30)45-41(52)25(3)4)34-14-12-13-28(40(34)55-11)21-49-39(38(27(6)51)37(23-50)56-49)43(54)47-36-20-31-19-35(26(36)5)44(31,7)8/h12-14,16-18,24-27,31,33,35-39,50-51H,15,19-23H2,1-11H3,(H,45,52)(H,46,53)(H,47,54)/t26-,27-,31+,33-,35-,36-,37-,38+,39-/m0/s1. The van der Waals surface area contributed by atoms with E-state index in [1.165, 1.54) is 6.42 Å². The molecule has 310 valence electrons. The van der Waals surface area contributed by atoms with E-state index in [9.17, 15) is 24.6 Å². The van der Waals surface area contributed by atoms with Crippen molar-refractivity contribution in [2.75, 3.05) is 39.7 Å². The lowest BCUT2D eigenvalue weighted by Gasteiger charge is -2.62. The summed E-state index contributed by atoms with van der Waals surface area (Å²) in [5.74, 6) is 0.680. The Kier molecular flexibility index (Phi) is 14.0. The molecule has 1 saturated heterocycles. The lowest BCUT2D eigenvalue weighted by Crippen LogP contribution is -2.62. The van der Waals surface area contributed by atoms with Gasteiger partial charge in [-0.25, -0.2) is 0 Å². The van der Waals surface area contributed by atoms with E-state index in [4.69, 9.17) is 9.57 Å². The Morgan fingerprint density at radius 3 is 2.36 bits per heavy atom. The molecular weight excluding hydrogens is 711 g/mol. The zero-order valence-corrected chi connectivity index (χ0v) is 35.4. The number of carbonyl (C=O) groups is 3. The van der Waals surface area contributed by atoms with Crippen LogP contribution >= 0.6 is 0 Å². The third-order valence-corrected chi connectivity index (χ3v) is 12.7. The van der Waals surface area contributed by atoms with Crippen molar-refractivity contribution in [3.05, 3.63) is 47.5 Å². The summed E-state index contributed by atoms with van der Waals surface area (Å²) in [6.45, 7) is 16.8. The molecule has 0 aromatic heterocycles. The van der Waals surface area contributed by atoms with E-state index in [0.717, 1.165) is 12.8 Å². The predicted molar refractivity (Wildman–Crippen MR) is 219 cm³/mol. The van der Waals surface area contributed by atoms with E-state index in [1.807, 2.05) is 52.2 Å². The van der Waals surface area contributed by atoms with Gasteiger partial charge in [0.25, 0.3) is 5.91 Å². The maximum atomic E-state index is 14.3. The van der Waals surface area contributed by atoms with Crippen molar-refractivity contribution in [2.45, 2.75) is 112 Å². The number of nitrogens with one attached hydrogen (secondary N) is 3. The second-order valence-electron chi connectivity index (χ2n) is 18.2. The van der Waals surface area contributed by atoms with Crippen LogP contribution < -0.4 is 20.7 Å². The zero-order chi connectivity index (χ0) is 41.2. The van der Waals surface area contributed by atoms with Crippen LogP contribution in [0.4, 0.5) is 5.69 Å². The van der Waals surface area contributed by atoms with Gasteiger partial charge in [-0.3, -0.25) is 19.2 Å². The van der Waals surface area contributed by atoms with Gasteiger partial charge < -0.3 is 35.8 Å². The van der Waals surface area contributed by atoms with Crippen LogP contribution in [-0.2, 0) is 21.0 Å². The van der Waals surface area contributed by atoms with Crippen molar-refractivity contribution in [3.63, 3.8) is 0 Å². The molecule has 3 amide bonds. The monoisotopic (exact) mass is 778 g/mol. The first-order chi connectivity index (χ1) is 26.4. The highest BCUT2D eigenvalue weighted by molar-refractivity contribution is 5.99. The first-order valence-corrected chi connectivity index (χ1v) is 20.5. The number of methoxy groups -OCH3 is 1. The Morgan fingerprint density at radius 2 is 1.79 bits per heavy atom. The maximum absolute atomic E-state index is 14.3. The lowest BCUT2D eigenvalue weighted by molar-refractivity contribution is -0.183. The molecule has 1 aliphatic heterocycles. The molecule has 9 atom stereocenters. The van der Waals surface area contributed by atoms with Crippen molar-refractivity contribution < 1.29 is 34.2 Å². The molecule has 2 aromatic carbocycles. The van der Waals surface area contributed by atoms with E-state index in [-0.39, 0.29) is 54.3 Å². The summed E-state index contributed by atoms with van der Waals surface area (Å²) in [6.07, 6.45) is 1.19. The zero-order valence-electron chi connectivity index (χ0n) is 35.4. The molecule has 4 fully saturated rings. The molecule has 2 aromatic rings. The van der Waals surface area contributed by atoms with Crippen LogP contribution in [0.15, 0.2) is 36.4 Å². The number of anilines is 1. The van der Waals surface area contributed by atoms with Gasteiger partial charge in [-0.05, 0) is 93.1 Å². The van der Waals surface area contributed by atoms with Crippen molar-refractivity contribution in [2.24, 2.45) is 40.9 Å². The summed E-state index contributed by atoms with van der Waals surface area (Å²) in [5.41, 5.74) is 3.17.